The molecule has 0 amide bonds. The van der Waals surface area contributed by atoms with Crippen LogP contribution in [0.1, 0.15) is 32.1 Å². The largest absolute Gasteiger partial charge is 0.376 e. The molecule has 3 aliphatic rings. The molecule has 2 saturated heterocycles. The molecule has 80 valence electrons. The molecule has 0 radical (unpaired) electrons. The molecule has 2 unspecified atom stereocenters. The third-order valence-corrected chi connectivity index (χ3v) is 4.00. The van der Waals surface area contributed by atoms with Crippen LogP contribution in [0.15, 0.2) is 0 Å². The van der Waals surface area contributed by atoms with Crippen molar-refractivity contribution in [2.24, 2.45) is 0 Å². The van der Waals surface area contributed by atoms with Gasteiger partial charge in [0.25, 0.3) is 0 Å². The summed E-state index contributed by atoms with van der Waals surface area (Å²) in [5.74, 6) is 0. The summed E-state index contributed by atoms with van der Waals surface area (Å²) in [4.78, 5) is 2.32. The predicted octanol–water partition coefficient (Wildman–Crippen LogP) is 1.74. The van der Waals surface area contributed by atoms with Gasteiger partial charge in [-0.2, -0.15) is 0 Å². The highest BCUT2D eigenvalue weighted by Crippen LogP contribution is 2.42. The van der Waals surface area contributed by atoms with Crippen molar-refractivity contribution < 1.29 is 9.13 Å². The van der Waals surface area contributed by atoms with Gasteiger partial charge in [0, 0.05) is 6.54 Å². The standard InChI is InChI=1S/C11H18FNO/c12-10-4-7-13-6-1-5-11(10,13)8-14-9-2-3-9/h9-10H,1-8H2. The predicted molar refractivity (Wildman–Crippen MR) is 52.0 cm³/mol. The van der Waals surface area contributed by atoms with Crippen molar-refractivity contribution in [3.63, 3.8) is 0 Å². The van der Waals surface area contributed by atoms with Gasteiger partial charge in [0.05, 0.1) is 18.2 Å². The fraction of sp³-hybridized carbons (Fsp3) is 1.00. The highest BCUT2D eigenvalue weighted by molar-refractivity contribution is 5.06. The molecule has 1 aliphatic carbocycles. The van der Waals surface area contributed by atoms with Gasteiger partial charge in [0.15, 0.2) is 0 Å². The van der Waals surface area contributed by atoms with Crippen LogP contribution in [-0.2, 0) is 4.74 Å². The molecule has 3 heteroatoms. The molecular formula is C11H18FNO. The second-order valence-electron chi connectivity index (χ2n) is 4.96. The third kappa shape index (κ3) is 1.29. The highest BCUT2D eigenvalue weighted by Gasteiger charge is 2.52. The Morgan fingerprint density at radius 3 is 2.93 bits per heavy atom. The monoisotopic (exact) mass is 199 g/mol. The Hall–Kier alpha value is -0.150. The molecule has 0 N–H and O–H groups in total. The zero-order valence-electron chi connectivity index (χ0n) is 8.54. The van der Waals surface area contributed by atoms with E-state index in [2.05, 4.69) is 4.90 Å². The van der Waals surface area contributed by atoms with Crippen molar-refractivity contribution in [1.29, 1.82) is 0 Å². The Kier molecular flexibility index (Phi) is 2.06. The van der Waals surface area contributed by atoms with Crippen LogP contribution in [0, 0.1) is 0 Å². The fourth-order valence-electron chi connectivity index (χ4n) is 2.93. The van der Waals surface area contributed by atoms with Gasteiger partial charge < -0.3 is 4.74 Å². The number of hydrogen-bond donors (Lipinski definition) is 0. The number of rotatable bonds is 3. The first-order valence-corrected chi connectivity index (χ1v) is 5.82. The van der Waals surface area contributed by atoms with Gasteiger partial charge in [-0.05, 0) is 38.6 Å². The van der Waals surface area contributed by atoms with E-state index in [4.69, 9.17) is 4.74 Å². The molecule has 14 heavy (non-hydrogen) atoms. The minimum atomic E-state index is -0.649. The highest BCUT2D eigenvalue weighted by atomic mass is 19.1. The summed E-state index contributed by atoms with van der Waals surface area (Å²) in [6.45, 7) is 2.66. The summed E-state index contributed by atoms with van der Waals surface area (Å²) >= 11 is 0. The second-order valence-corrected chi connectivity index (χ2v) is 4.96. The molecule has 2 nitrogen and oxygen atoms in total. The summed E-state index contributed by atoms with van der Waals surface area (Å²) in [5.41, 5.74) is -0.220. The normalized spacial score (nSPS) is 43.1. The van der Waals surface area contributed by atoms with Crippen LogP contribution in [0.5, 0.6) is 0 Å². The van der Waals surface area contributed by atoms with Gasteiger partial charge in [-0.15, -0.1) is 0 Å². The topological polar surface area (TPSA) is 12.5 Å². The van der Waals surface area contributed by atoms with Gasteiger partial charge in [-0.25, -0.2) is 4.39 Å². The fourth-order valence-corrected chi connectivity index (χ4v) is 2.93. The maximum Gasteiger partial charge on any atom is 0.122 e. The van der Waals surface area contributed by atoms with Gasteiger partial charge in [0.1, 0.15) is 6.17 Å². The van der Waals surface area contributed by atoms with E-state index in [1.807, 2.05) is 0 Å². The van der Waals surface area contributed by atoms with Crippen molar-refractivity contribution in [3.8, 4) is 0 Å². The van der Waals surface area contributed by atoms with Crippen LogP contribution in [-0.4, -0.2) is 42.4 Å². The van der Waals surface area contributed by atoms with Crippen molar-refractivity contribution in [1.82, 2.24) is 4.90 Å². The number of hydrogen-bond acceptors (Lipinski definition) is 2. The van der Waals surface area contributed by atoms with Crippen molar-refractivity contribution in [2.75, 3.05) is 19.7 Å². The van der Waals surface area contributed by atoms with Crippen LogP contribution in [0.4, 0.5) is 4.39 Å². The van der Waals surface area contributed by atoms with E-state index in [-0.39, 0.29) is 5.54 Å². The lowest BCUT2D eigenvalue weighted by atomic mass is 9.93. The van der Waals surface area contributed by atoms with Crippen LogP contribution in [0.25, 0.3) is 0 Å². The van der Waals surface area contributed by atoms with Gasteiger partial charge in [-0.1, -0.05) is 0 Å². The molecule has 2 atom stereocenters. The summed E-state index contributed by atoms with van der Waals surface area (Å²) < 4.78 is 19.6. The van der Waals surface area contributed by atoms with Crippen molar-refractivity contribution >= 4 is 0 Å². The van der Waals surface area contributed by atoms with Gasteiger partial charge in [-0.3, -0.25) is 4.90 Å². The smallest absolute Gasteiger partial charge is 0.122 e. The Balaban J connectivity index is 1.69. The third-order valence-electron chi connectivity index (χ3n) is 4.00. The minimum Gasteiger partial charge on any atom is -0.376 e. The molecule has 3 rings (SSSR count). The first-order valence-electron chi connectivity index (χ1n) is 5.82. The van der Waals surface area contributed by atoms with E-state index < -0.39 is 6.17 Å². The van der Waals surface area contributed by atoms with Gasteiger partial charge >= 0.3 is 0 Å². The molecule has 0 aromatic rings. The molecule has 2 heterocycles. The van der Waals surface area contributed by atoms with E-state index in [1.54, 1.807) is 0 Å². The minimum absolute atomic E-state index is 0.220. The zero-order valence-corrected chi connectivity index (χ0v) is 8.54. The summed E-state index contributed by atoms with van der Waals surface area (Å²) in [5, 5.41) is 0. The molecule has 0 aromatic heterocycles. The lowest BCUT2D eigenvalue weighted by molar-refractivity contribution is -0.00323. The Morgan fingerprint density at radius 1 is 1.29 bits per heavy atom. The molecule has 0 aromatic carbocycles. The first-order chi connectivity index (χ1) is 6.81. The lowest BCUT2D eigenvalue weighted by Gasteiger charge is -2.33. The Morgan fingerprint density at radius 2 is 2.14 bits per heavy atom. The summed E-state index contributed by atoms with van der Waals surface area (Å²) in [7, 11) is 0. The van der Waals surface area contributed by atoms with E-state index in [0.29, 0.717) is 19.1 Å². The number of halogens is 1. The van der Waals surface area contributed by atoms with Crippen LogP contribution < -0.4 is 0 Å². The molecule has 2 aliphatic heterocycles. The van der Waals surface area contributed by atoms with Crippen molar-refractivity contribution in [3.05, 3.63) is 0 Å². The molecular weight excluding hydrogens is 181 g/mol. The van der Waals surface area contributed by atoms with Crippen LogP contribution in [0.2, 0.25) is 0 Å². The van der Waals surface area contributed by atoms with Crippen LogP contribution >= 0.6 is 0 Å². The number of fused-ring (bicyclic) bond motifs is 1. The van der Waals surface area contributed by atoms with Crippen molar-refractivity contribution in [2.45, 2.75) is 49.9 Å². The lowest BCUT2D eigenvalue weighted by Crippen LogP contribution is -2.48. The molecule has 0 spiro atoms. The summed E-state index contributed by atoms with van der Waals surface area (Å²) in [6.07, 6.45) is 5.05. The van der Waals surface area contributed by atoms with Crippen LogP contribution in [0.3, 0.4) is 0 Å². The Labute approximate surface area is 84.4 Å². The van der Waals surface area contributed by atoms with Gasteiger partial charge in [0.2, 0.25) is 0 Å². The maximum atomic E-state index is 13.9. The SMILES string of the molecule is FC1CCN2CCCC12COC1CC1. The van der Waals surface area contributed by atoms with E-state index >= 15 is 0 Å². The number of ether oxygens (including phenoxy) is 1. The number of nitrogens with zero attached hydrogens (tertiary/aromatic N) is 1. The average molecular weight is 199 g/mol. The zero-order chi connectivity index (χ0) is 9.60. The average Bonchev–Trinajstić information content (AvgIpc) is 2.84. The quantitative estimate of drug-likeness (QED) is 0.686. The van der Waals surface area contributed by atoms with E-state index in [1.165, 1.54) is 12.8 Å². The van der Waals surface area contributed by atoms with E-state index in [0.717, 1.165) is 25.9 Å². The molecule has 3 fully saturated rings. The maximum absolute atomic E-state index is 13.9. The summed E-state index contributed by atoms with van der Waals surface area (Å²) in [6, 6.07) is 0. The van der Waals surface area contributed by atoms with E-state index in [9.17, 15) is 4.39 Å². The number of alkyl halides is 1. The Bertz CT molecular complexity index is 231. The first kappa shape index (κ1) is 9.10. The molecule has 1 saturated carbocycles. The molecule has 0 bridgehead atoms. The second kappa shape index (κ2) is 3.17.